The fourth-order valence-electron chi connectivity index (χ4n) is 0.885. The average molecular weight is 150 g/mol. The monoisotopic (exact) mass is 150 g/mol. The molecule has 2 aromatic heterocycles. The lowest BCUT2D eigenvalue weighted by Crippen LogP contribution is -1.81. The second kappa shape index (κ2) is 1.95. The van der Waals surface area contributed by atoms with E-state index < -0.39 is 0 Å². The van der Waals surface area contributed by atoms with Crippen LogP contribution in [0.3, 0.4) is 0 Å². The first-order chi connectivity index (χ1) is 4.88. The summed E-state index contributed by atoms with van der Waals surface area (Å²) in [6.45, 7) is 0. The van der Waals surface area contributed by atoms with E-state index in [-0.39, 0.29) is 0 Å². The van der Waals surface area contributed by atoms with Crippen molar-refractivity contribution in [2.75, 3.05) is 5.73 Å². The van der Waals surface area contributed by atoms with Gasteiger partial charge in [0.2, 0.25) is 0 Å². The van der Waals surface area contributed by atoms with Gasteiger partial charge in [-0.15, -0.1) is 11.3 Å². The predicted octanol–water partition coefficient (Wildman–Crippen LogP) is 1.88. The van der Waals surface area contributed by atoms with Gasteiger partial charge in [0.05, 0.1) is 10.4 Å². The maximum absolute atomic E-state index is 5.62. The number of rotatable bonds is 0. The van der Waals surface area contributed by atoms with E-state index in [2.05, 4.69) is 4.98 Å². The van der Waals surface area contributed by atoms with E-state index in [0.29, 0.717) is 0 Å². The number of nitrogen functional groups attached to an aromatic ring is 1. The largest absolute Gasteiger partial charge is 0.396 e. The third-order valence-corrected chi connectivity index (χ3v) is 2.31. The highest BCUT2D eigenvalue weighted by Crippen LogP contribution is 2.24. The van der Waals surface area contributed by atoms with Gasteiger partial charge in [-0.3, -0.25) is 4.98 Å². The molecule has 2 aromatic rings. The van der Waals surface area contributed by atoms with E-state index in [1.807, 2.05) is 17.5 Å². The molecule has 0 aromatic carbocycles. The molecule has 0 fully saturated rings. The Morgan fingerprint density at radius 2 is 2.40 bits per heavy atom. The van der Waals surface area contributed by atoms with Crippen molar-refractivity contribution in [2.45, 2.75) is 0 Å². The Balaban J connectivity index is 2.93. The SMILES string of the molecule is Nc1csc2cccnc12. The number of hydrogen-bond acceptors (Lipinski definition) is 3. The van der Waals surface area contributed by atoms with Gasteiger partial charge >= 0.3 is 0 Å². The van der Waals surface area contributed by atoms with E-state index in [1.165, 1.54) is 0 Å². The van der Waals surface area contributed by atoms with Crippen LogP contribution in [0, 0.1) is 0 Å². The molecule has 0 saturated heterocycles. The minimum absolute atomic E-state index is 0.778. The molecule has 0 amide bonds. The minimum atomic E-state index is 0.778. The Kier molecular flexibility index (Phi) is 1.11. The average Bonchev–Trinajstić information content (AvgIpc) is 2.34. The van der Waals surface area contributed by atoms with Gasteiger partial charge in [0.25, 0.3) is 0 Å². The summed E-state index contributed by atoms with van der Waals surface area (Å²) in [5, 5.41) is 1.91. The Morgan fingerprint density at radius 1 is 1.50 bits per heavy atom. The van der Waals surface area contributed by atoms with Gasteiger partial charge in [-0.1, -0.05) is 0 Å². The van der Waals surface area contributed by atoms with Crippen LogP contribution in [-0.2, 0) is 0 Å². The zero-order valence-corrected chi connectivity index (χ0v) is 6.06. The summed E-state index contributed by atoms with van der Waals surface area (Å²) in [6, 6.07) is 3.93. The number of hydrogen-bond donors (Lipinski definition) is 1. The first-order valence-corrected chi connectivity index (χ1v) is 3.83. The van der Waals surface area contributed by atoms with Crippen LogP contribution in [-0.4, -0.2) is 4.98 Å². The third-order valence-electron chi connectivity index (χ3n) is 1.36. The van der Waals surface area contributed by atoms with Gasteiger partial charge < -0.3 is 5.73 Å². The number of aromatic nitrogens is 1. The van der Waals surface area contributed by atoms with Crippen molar-refractivity contribution in [1.29, 1.82) is 0 Å². The van der Waals surface area contributed by atoms with Gasteiger partial charge in [-0.25, -0.2) is 0 Å². The van der Waals surface area contributed by atoms with Gasteiger partial charge in [0, 0.05) is 11.6 Å². The number of nitrogens with zero attached hydrogens (tertiary/aromatic N) is 1. The zero-order chi connectivity index (χ0) is 6.97. The second-order valence-corrected chi connectivity index (χ2v) is 2.95. The topological polar surface area (TPSA) is 38.9 Å². The van der Waals surface area contributed by atoms with E-state index in [1.54, 1.807) is 17.5 Å². The Bertz CT molecular complexity index is 353. The molecule has 2 rings (SSSR count). The summed E-state index contributed by atoms with van der Waals surface area (Å²) < 4.78 is 1.15. The molecule has 0 aliphatic heterocycles. The Morgan fingerprint density at radius 3 is 3.20 bits per heavy atom. The maximum atomic E-state index is 5.62. The molecular formula is C7H6N2S. The lowest BCUT2D eigenvalue weighted by molar-refractivity contribution is 1.43. The molecule has 2 nitrogen and oxygen atoms in total. The highest BCUT2D eigenvalue weighted by Gasteiger charge is 1.97. The van der Waals surface area contributed by atoms with Crippen LogP contribution in [0.4, 0.5) is 5.69 Å². The summed E-state index contributed by atoms with van der Waals surface area (Å²) in [7, 11) is 0. The van der Waals surface area contributed by atoms with Crippen LogP contribution in [0.5, 0.6) is 0 Å². The highest BCUT2D eigenvalue weighted by atomic mass is 32.1. The van der Waals surface area contributed by atoms with E-state index in [9.17, 15) is 0 Å². The van der Waals surface area contributed by atoms with E-state index >= 15 is 0 Å². The number of anilines is 1. The van der Waals surface area contributed by atoms with Crippen LogP contribution < -0.4 is 5.73 Å². The molecule has 2 N–H and O–H groups in total. The van der Waals surface area contributed by atoms with Crippen LogP contribution >= 0.6 is 11.3 Å². The fraction of sp³-hybridized carbons (Fsp3) is 0. The summed E-state index contributed by atoms with van der Waals surface area (Å²) in [6.07, 6.45) is 1.76. The van der Waals surface area contributed by atoms with Gasteiger partial charge in [-0.05, 0) is 12.1 Å². The van der Waals surface area contributed by atoms with Crippen molar-refractivity contribution in [3.05, 3.63) is 23.7 Å². The molecule has 0 atom stereocenters. The van der Waals surface area contributed by atoms with Crippen LogP contribution in [0.15, 0.2) is 23.7 Å². The van der Waals surface area contributed by atoms with Crippen molar-refractivity contribution < 1.29 is 0 Å². The van der Waals surface area contributed by atoms with Crippen LogP contribution in [0.2, 0.25) is 0 Å². The normalized spacial score (nSPS) is 10.4. The lowest BCUT2D eigenvalue weighted by Gasteiger charge is -1.86. The number of nitrogens with two attached hydrogens (primary N) is 1. The predicted molar refractivity (Wildman–Crippen MR) is 44.0 cm³/mol. The van der Waals surface area contributed by atoms with Crippen molar-refractivity contribution >= 4 is 27.2 Å². The van der Waals surface area contributed by atoms with Crippen LogP contribution in [0.25, 0.3) is 10.2 Å². The molecule has 10 heavy (non-hydrogen) atoms. The molecular weight excluding hydrogens is 144 g/mol. The standard InChI is InChI=1S/C7H6N2S/c8-5-4-10-6-2-1-3-9-7(5)6/h1-4H,8H2. The number of fused-ring (bicyclic) bond motifs is 1. The first-order valence-electron chi connectivity index (χ1n) is 2.95. The second-order valence-electron chi connectivity index (χ2n) is 2.04. The van der Waals surface area contributed by atoms with E-state index in [4.69, 9.17) is 5.73 Å². The summed E-state index contributed by atoms with van der Waals surface area (Å²) in [5.74, 6) is 0. The highest BCUT2D eigenvalue weighted by molar-refractivity contribution is 7.17. The quantitative estimate of drug-likeness (QED) is 0.622. The Hall–Kier alpha value is -1.09. The summed E-state index contributed by atoms with van der Waals surface area (Å²) >= 11 is 1.63. The zero-order valence-electron chi connectivity index (χ0n) is 5.24. The van der Waals surface area contributed by atoms with Crippen LogP contribution in [0.1, 0.15) is 0 Å². The number of pyridine rings is 1. The minimum Gasteiger partial charge on any atom is -0.396 e. The molecule has 0 aliphatic carbocycles. The molecule has 0 bridgehead atoms. The lowest BCUT2D eigenvalue weighted by atomic mass is 10.4. The fourth-order valence-corrected chi connectivity index (χ4v) is 1.69. The third kappa shape index (κ3) is 0.675. The summed E-state index contributed by atoms with van der Waals surface area (Å²) in [4.78, 5) is 4.13. The number of thiophene rings is 1. The molecule has 3 heteroatoms. The van der Waals surface area contributed by atoms with Gasteiger partial charge in [0.15, 0.2) is 0 Å². The smallest absolute Gasteiger partial charge is 0.104 e. The van der Waals surface area contributed by atoms with Gasteiger partial charge in [0.1, 0.15) is 5.52 Å². The molecule has 0 spiro atoms. The molecule has 0 radical (unpaired) electrons. The molecule has 50 valence electrons. The Labute approximate surface area is 62.3 Å². The van der Waals surface area contributed by atoms with Crippen molar-refractivity contribution in [3.8, 4) is 0 Å². The summed E-state index contributed by atoms with van der Waals surface area (Å²) in [5.41, 5.74) is 7.33. The molecule has 0 saturated carbocycles. The molecule has 0 unspecified atom stereocenters. The molecule has 2 heterocycles. The molecule has 0 aliphatic rings. The van der Waals surface area contributed by atoms with Crippen molar-refractivity contribution in [3.63, 3.8) is 0 Å². The maximum Gasteiger partial charge on any atom is 0.104 e. The van der Waals surface area contributed by atoms with E-state index in [0.717, 1.165) is 15.9 Å². The van der Waals surface area contributed by atoms with Crippen molar-refractivity contribution in [1.82, 2.24) is 4.98 Å². The van der Waals surface area contributed by atoms with Gasteiger partial charge in [-0.2, -0.15) is 0 Å². The van der Waals surface area contributed by atoms with Crippen molar-refractivity contribution in [2.24, 2.45) is 0 Å². The first kappa shape index (κ1) is 5.68.